The minimum absolute atomic E-state index is 0.00580. The standard InChI is InChI=1S/C14H19F3O/c1-13(2,3)9-8-12(18)10-6-4-5-7-11(10)14(15,16)17/h4-7,12,18H,8-9H2,1-3H3. The molecule has 1 aromatic carbocycles. The molecular formula is C14H19F3O. The van der Waals surface area contributed by atoms with Crippen LogP contribution >= 0.6 is 0 Å². The monoisotopic (exact) mass is 260 g/mol. The molecule has 4 heteroatoms. The van der Waals surface area contributed by atoms with Gasteiger partial charge in [-0.1, -0.05) is 39.0 Å². The van der Waals surface area contributed by atoms with Gasteiger partial charge in [-0.2, -0.15) is 13.2 Å². The molecule has 0 spiro atoms. The second-order valence-corrected chi connectivity index (χ2v) is 5.70. The normalized spacial score (nSPS) is 14.6. The highest BCUT2D eigenvalue weighted by atomic mass is 19.4. The van der Waals surface area contributed by atoms with E-state index in [1.165, 1.54) is 18.2 Å². The number of hydrogen-bond acceptors (Lipinski definition) is 1. The minimum Gasteiger partial charge on any atom is -0.388 e. The number of halogens is 3. The van der Waals surface area contributed by atoms with Gasteiger partial charge in [-0.05, 0) is 29.9 Å². The summed E-state index contributed by atoms with van der Waals surface area (Å²) in [6.07, 6.45) is -4.49. The Balaban J connectivity index is 2.89. The molecule has 0 radical (unpaired) electrons. The molecule has 1 unspecified atom stereocenters. The van der Waals surface area contributed by atoms with Crippen molar-refractivity contribution in [1.29, 1.82) is 0 Å². The topological polar surface area (TPSA) is 20.2 Å². The van der Waals surface area contributed by atoms with Crippen LogP contribution < -0.4 is 0 Å². The Bertz CT molecular complexity index is 391. The van der Waals surface area contributed by atoms with Crippen molar-refractivity contribution in [3.05, 3.63) is 35.4 Å². The van der Waals surface area contributed by atoms with E-state index >= 15 is 0 Å². The van der Waals surface area contributed by atoms with Gasteiger partial charge in [-0.3, -0.25) is 0 Å². The van der Waals surface area contributed by atoms with Crippen LogP contribution in [-0.4, -0.2) is 5.11 Å². The van der Waals surface area contributed by atoms with Crippen molar-refractivity contribution in [3.63, 3.8) is 0 Å². The molecule has 1 N–H and O–H groups in total. The third kappa shape index (κ3) is 4.33. The molecule has 1 aromatic rings. The van der Waals surface area contributed by atoms with Crippen LogP contribution in [0.15, 0.2) is 24.3 Å². The first kappa shape index (κ1) is 15.0. The molecule has 1 atom stereocenters. The van der Waals surface area contributed by atoms with Gasteiger partial charge in [0.2, 0.25) is 0 Å². The molecule has 0 aliphatic rings. The van der Waals surface area contributed by atoms with E-state index in [1.54, 1.807) is 0 Å². The number of rotatable bonds is 3. The zero-order valence-electron chi connectivity index (χ0n) is 10.9. The number of aliphatic hydroxyl groups is 1. The summed E-state index contributed by atoms with van der Waals surface area (Å²) in [6.45, 7) is 5.99. The van der Waals surface area contributed by atoms with Gasteiger partial charge < -0.3 is 5.11 Å². The Morgan fingerprint density at radius 1 is 1.11 bits per heavy atom. The lowest BCUT2D eigenvalue weighted by Crippen LogP contribution is -2.14. The Morgan fingerprint density at radius 3 is 2.17 bits per heavy atom. The average molecular weight is 260 g/mol. The van der Waals surface area contributed by atoms with E-state index in [0.717, 1.165) is 6.07 Å². The zero-order valence-corrected chi connectivity index (χ0v) is 10.9. The van der Waals surface area contributed by atoms with Crippen molar-refractivity contribution in [1.82, 2.24) is 0 Å². The highest BCUT2D eigenvalue weighted by molar-refractivity contribution is 5.31. The second kappa shape index (κ2) is 5.31. The average Bonchev–Trinajstić information content (AvgIpc) is 2.24. The largest absolute Gasteiger partial charge is 0.416 e. The molecule has 18 heavy (non-hydrogen) atoms. The van der Waals surface area contributed by atoms with Gasteiger partial charge >= 0.3 is 6.18 Å². The Kier molecular flexibility index (Phi) is 4.43. The second-order valence-electron chi connectivity index (χ2n) is 5.70. The molecule has 0 saturated carbocycles. The van der Waals surface area contributed by atoms with Crippen LogP contribution in [0.25, 0.3) is 0 Å². The zero-order chi connectivity index (χ0) is 14.0. The summed E-state index contributed by atoms with van der Waals surface area (Å²) in [5.74, 6) is 0. The Morgan fingerprint density at radius 2 is 1.67 bits per heavy atom. The van der Waals surface area contributed by atoms with Crippen molar-refractivity contribution in [2.75, 3.05) is 0 Å². The molecule has 1 nitrogen and oxygen atoms in total. The summed E-state index contributed by atoms with van der Waals surface area (Å²) >= 11 is 0. The van der Waals surface area contributed by atoms with Gasteiger partial charge in [0.25, 0.3) is 0 Å². The molecule has 0 aromatic heterocycles. The van der Waals surface area contributed by atoms with E-state index in [0.29, 0.717) is 12.8 Å². The highest BCUT2D eigenvalue weighted by Crippen LogP contribution is 2.36. The number of benzene rings is 1. The molecular weight excluding hydrogens is 241 g/mol. The third-order valence-electron chi connectivity index (χ3n) is 2.79. The molecule has 0 amide bonds. The lowest BCUT2D eigenvalue weighted by Gasteiger charge is -2.22. The molecule has 0 heterocycles. The van der Waals surface area contributed by atoms with Crippen LogP contribution in [0.3, 0.4) is 0 Å². The van der Waals surface area contributed by atoms with E-state index in [2.05, 4.69) is 0 Å². The molecule has 102 valence electrons. The summed E-state index contributed by atoms with van der Waals surface area (Å²) in [5.41, 5.74) is -0.783. The van der Waals surface area contributed by atoms with Gasteiger partial charge in [0, 0.05) is 0 Å². The molecule has 0 bridgehead atoms. The minimum atomic E-state index is -4.42. The smallest absolute Gasteiger partial charge is 0.388 e. The predicted molar refractivity (Wildman–Crippen MR) is 65.1 cm³/mol. The molecule has 0 aliphatic heterocycles. The first-order chi connectivity index (χ1) is 8.11. The van der Waals surface area contributed by atoms with Crippen molar-refractivity contribution in [2.45, 2.75) is 45.9 Å². The number of aliphatic hydroxyl groups excluding tert-OH is 1. The van der Waals surface area contributed by atoms with Crippen LogP contribution in [0.4, 0.5) is 13.2 Å². The first-order valence-corrected chi connectivity index (χ1v) is 5.95. The maximum atomic E-state index is 12.8. The van der Waals surface area contributed by atoms with Crippen molar-refractivity contribution in [2.24, 2.45) is 5.41 Å². The third-order valence-corrected chi connectivity index (χ3v) is 2.79. The van der Waals surface area contributed by atoms with Crippen molar-refractivity contribution in [3.8, 4) is 0 Å². The lowest BCUT2D eigenvalue weighted by molar-refractivity contribution is -0.139. The summed E-state index contributed by atoms with van der Waals surface area (Å²) in [7, 11) is 0. The maximum absolute atomic E-state index is 12.8. The molecule has 0 fully saturated rings. The summed E-state index contributed by atoms with van der Waals surface area (Å²) < 4.78 is 38.3. The van der Waals surface area contributed by atoms with Gasteiger partial charge in [0.1, 0.15) is 0 Å². The predicted octanol–water partition coefficient (Wildman–Crippen LogP) is 4.57. The summed E-state index contributed by atoms with van der Waals surface area (Å²) in [4.78, 5) is 0. The fraction of sp³-hybridized carbons (Fsp3) is 0.571. The van der Waals surface area contributed by atoms with E-state index in [4.69, 9.17) is 0 Å². The van der Waals surface area contributed by atoms with Crippen LogP contribution in [0, 0.1) is 5.41 Å². The Hall–Kier alpha value is -1.03. The number of hydrogen-bond donors (Lipinski definition) is 1. The fourth-order valence-corrected chi connectivity index (χ4v) is 1.77. The molecule has 1 rings (SSSR count). The molecule has 0 aliphatic carbocycles. The summed E-state index contributed by atoms with van der Waals surface area (Å²) in [6, 6.07) is 5.21. The van der Waals surface area contributed by atoms with Crippen LogP contribution in [0.1, 0.15) is 50.8 Å². The fourth-order valence-electron chi connectivity index (χ4n) is 1.77. The van der Waals surface area contributed by atoms with Crippen molar-refractivity contribution >= 4 is 0 Å². The van der Waals surface area contributed by atoms with Gasteiger partial charge in [0.15, 0.2) is 0 Å². The van der Waals surface area contributed by atoms with Crippen LogP contribution in [0.2, 0.25) is 0 Å². The SMILES string of the molecule is CC(C)(C)CCC(O)c1ccccc1C(F)(F)F. The van der Waals surface area contributed by atoms with E-state index in [9.17, 15) is 18.3 Å². The Labute approximate surface area is 106 Å². The van der Waals surface area contributed by atoms with Gasteiger partial charge in [-0.15, -0.1) is 0 Å². The van der Waals surface area contributed by atoms with E-state index in [1.807, 2.05) is 20.8 Å². The van der Waals surface area contributed by atoms with Gasteiger partial charge in [0.05, 0.1) is 11.7 Å². The van der Waals surface area contributed by atoms with E-state index < -0.39 is 17.8 Å². The van der Waals surface area contributed by atoms with E-state index in [-0.39, 0.29) is 11.0 Å². The number of alkyl halides is 3. The van der Waals surface area contributed by atoms with Crippen molar-refractivity contribution < 1.29 is 18.3 Å². The summed E-state index contributed by atoms with van der Waals surface area (Å²) in [5, 5.41) is 9.93. The molecule has 0 saturated heterocycles. The highest BCUT2D eigenvalue weighted by Gasteiger charge is 2.34. The maximum Gasteiger partial charge on any atom is 0.416 e. The van der Waals surface area contributed by atoms with Crippen LogP contribution in [0.5, 0.6) is 0 Å². The first-order valence-electron chi connectivity index (χ1n) is 5.95. The van der Waals surface area contributed by atoms with Crippen LogP contribution in [-0.2, 0) is 6.18 Å². The quantitative estimate of drug-likeness (QED) is 0.844. The lowest BCUT2D eigenvalue weighted by atomic mass is 9.87. The van der Waals surface area contributed by atoms with Gasteiger partial charge in [-0.25, -0.2) is 0 Å².